The molecule has 0 radical (unpaired) electrons. The smallest absolute Gasteiger partial charge is 0.0906 e. The van der Waals surface area contributed by atoms with Crippen LogP contribution in [0, 0.1) is 0 Å². The number of aromatic nitrogens is 2. The summed E-state index contributed by atoms with van der Waals surface area (Å²) < 4.78 is 7.59. The normalized spacial score (nSPS) is 17.1. The molecule has 16 heavy (non-hydrogen) atoms. The molecule has 0 bridgehead atoms. The second-order valence-corrected chi connectivity index (χ2v) is 4.42. The molecule has 2 rings (SSSR count). The van der Waals surface area contributed by atoms with Crippen molar-refractivity contribution in [2.75, 3.05) is 13.2 Å². The van der Waals surface area contributed by atoms with Crippen molar-refractivity contribution in [3.8, 4) is 0 Å². The zero-order valence-corrected chi connectivity index (χ0v) is 9.77. The zero-order chi connectivity index (χ0) is 11.2. The summed E-state index contributed by atoms with van der Waals surface area (Å²) >= 11 is 0. The van der Waals surface area contributed by atoms with Crippen LogP contribution in [-0.4, -0.2) is 22.9 Å². The lowest BCUT2D eigenvalue weighted by molar-refractivity contribution is 0.116. The molecule has 1 aliphatic carbocycles. The molecule has 0 atom stereocenters. The molecule has 1 aromatic heterocycles. The van der Waals surface area contributed by atoms with E-state index in [-0.39, 0.29) is 0 Å². The Labute approximate surface area is 96.8 Å². The molecule has 0 aromatic carbocycles. The number of nitrogens with two attached hydrogens (primary N) is 1. The van der Waals surface area contributed by atoms with E-state index in [0.717, 1.165) is 18.7 Å². The summed E-state index contributed by atoms with van der Waals surface area (Å²) in [5, 5.41) is 4.55. The third-order valence-corrected chi connectivity index (χ3v) is 3.11. The Morgan fingerprint density at radius 2 is 2.25 bits per heavy atom. The van der Waals surface area contributed by atoms with Gasteiger partial charge in [0, 0.05) is 12.8 Å². The minimum atomic E-state index is 0.611. The Hall–Kier alpha value is -0.870. The average Bonchev–Trinajstić information content (AvgIpc) is 2.94. The Kier molecular flexibility index (Phi) is 4.36. The predicted molar refractivity (Wildman–Crippen MR) is 63.1 cm³/mol. The molecule has 0 amide bonds. The van der Waals surface area contributed by atoms with Crippen molar-refractivity contribution in [2.45, 2.75) is 44.8 Å². The maximum Gasteiger partial charge on any atom is 0.0906 e. The highest BCUT2D eigenvalue weighted by molar-refractivity contribution is 4.98. The van der Waals surface area contributed by atoms with Gasteiger partial charge in [0.2, 0.25) is 0 Å². The van der Waals surface area contributed by atoms with Crippen LogP contribution in [0.3, 0.4) is 0 Å². The van der Waals surface area contributed by atoms with Gasteiger partial charge in [-0.2, -0.15) is 5.10 Å². The van der Waals surface area contributed by atoms with E-state index >= 15 is 0 Å². The first-order chi connectivity index (χ1) is 7.90. The van der Waals surface area contributed by atoms with E-state index in [1.165, 1.54) is 25.7 Å². The van der Waals surface area contributed by atoms with Crippen molar-refractivity contribution in [3.63, 3.8) is 0 Å². The number of hydrogen-bond donors (Lipinski definition) is 1. The molecule has 4 nitrogen and oxygen atoms in total. The van der Waals surface area contributed by atoms with E-state index in [9.17, 15) is 0 Å². The Bertz CT molecular complexity index is 305. The van der Waals surface area contributed by atoms with Crippen LogP contribution in [0.5, 0.6) is 0 Å². The first-order valence-electron chi connectivity index (χ1n) is 6.22. The van der Waals surface area contributed by atoms with Crippen LogP contribution in [0.2, 0.25) is 0 Å². The van der Waals surface area contributed by atoms with Crippen molar-refractivity contribution in [3.05, 3.63) is 18.0 Å². The molecule has 0 unspecified atom stereocenters. The second-order valence-electron chi connectivity index (χ2n) is 4.42. The monoisotopic (exact) mass is 223 g/mol. The molecule has 0 spiro atoms. The highest BCUT2D eigenvalue weighted by Crippen LogP contribution is 2.28. The topological polar surface area (TPSA) is 53.1 Å². The maximum absolute atomic E-state index is 5.48. The lowest BCUT2D eigenvalue weighted by atomic mass is 10.3. The fourth-order valence-corrected chi connectivity index (χ4v) is 2.19. The summed E-state index contributed by atoms with van der Waals surface area (Å²) in [6.07, 6.45) is 8.23. The Balaban J connectivity index is 1.77. The molecule has 1 aliphatic rings. The third-order valence-electron chi connectivity index (χ3n) is 3.11. The zero-order valence-electron chi connectivity index (χ0n) is 9.77. The average molecular weight is 223 g/mol. The quantitative estimate of drug-likeness (QED) is 0.749. The standard InChI is InChI=1S/C12H21N3O/c13-7-3-9-16-10-11-6-8-15(14-11)12-4-1-2-5-12/h6,8,12H,1-5,7,9-10,13H2. The van der Waals surface area contributed by atoms with Crippen molar-refractivity contribution < 1.29 is 4.74 Å². The second kappa shape index (κ2) is 6.01. The SMILES string of the molecule is NCCCOCc1ccn(C2CCCC2)n1. The van der Waals surface area contributed by atoms with Crippen molar-refractivity contribution in [1.82, 2.24) is 9.78 Å². The highest BCUT2D eigenvalue weighted by Gasteiger charge is 2.17. The molecular weight excluding hydrogens is 202 g/mol. The molecule has 0 aliphatic heterocycles. The van der Waals surface area contributed by atoms with Gasteiger partial charge in [-0.3, -0.25) is 4.68 Å². The lowest BCUT2D eigenvalue weighted by Gasteiger charge is -2.08. The van der Waals surface area contributed by atoms with Gasteiger partial charge in [-0.15, -0.1) is 0 Å². The predicted octanol–water partition coefficient (Wildman–Crippen LogP) is 1.86. The maximum atomic E-state index is 5.48. The summed E-state index contributed by atoms with van der Waals surface area (Å²) in [7, 11) is 0. The van der Waals surface area contributed by atoms with Crippen molar-refractivity contribution in [2.24, 2.45) is 5.73 Å². The fraction of sp³-hybridized carbons (Fsp3) is 0.750. The molecule has 1 aromatic rings. The van der Waals surface area contributed by atoms with Crippen molar-refractivity contribution in [1.29, 1.82) is 0 Å². The third kappa shape index (κ3) is 3.06. The van der Waals surface area contributed by atoms with Gasteiger partial charge in [-0.1, -0.05) is 12.8 Å². The van der Waals surface area contributed by atoms with Gasteiger partial charge >= 0.3 is 0 Å². The molecule has 0 saturated heterocycles. The Morgan fingerprint density at radius 3 is 3.00 bits per heavy atom. The first-order valence-corrected chi connectivity index (χ1v) is 6.22. The number of nitrogens with zero attached hydrogens (tertiary/aromatic N) is 2. The van der Waals surface area contributed by atoms with Crippen LogP contribution in [0.4, 0.5) is 0 Å². The molecule has 1 heterocycles. The summed E-state index contributed by atoms with van der Waals surface area (Å²) in [5.41, 5.74) is 6.43. The van der Waals surface area contributed by atoms with Crippen LogP contribution in [0.15, 0.2) is 12.3 Å². The van der Waals surface area contributed by atoms with Crippen LogP contribution >= 0.6 is 0 Å². The minimum Gasteiger partial charge on any atom is -0.375 e. The lowest BCUT2D eigenvalue weighted by Crippen LogP contribution is -2.07. The molecule has 1 fully saturated rings. The summed E-state index contributed by atoms with van der Waals surface area (Å²) in [6, 6.07) is 2.68. The molecule has 1 saturated carbocycles. The highest BCUT2D eigenvalue weighted by atomic mass is 16.5. The van der Waals surface area contributed by atoms with Gasteiger partial charge in [0.25, 0.3) is 0 Å². The first kappa shape index (κ1) is 11.6. The van der Waals surface area contributed by atoms with E-state index < -0.39 is 0 Å². The molecule has 90 valence electrons. The summed E-state index contributed by atoms with van der Waals surface area (Å²) in [4.78, 5) is 0. The summed E-state index contributed by atoms with van der Waals surface area (Å²) in [5.74, 6) is 0. The van der Waals surface area contributed by atoms with Gasteiger partial charge in [0.15, 0.2) is 0 Å². The fourth-order valence-electron chi connectivity index (χ4n) is 2.19. The molecule has 4 heteroatoms. The van der Waals surface area contributed by atoms with E-state index in [1.54, 1.807) is 0 Å². The van der Waals surface area contributed by atoms with E-state index in [4.69, 9.17) is 10.5 Å². The van der Waals surface area contributed by atoms with Crippen LogP contribution in [0.1, 0.15) is 43.8 Å². The van der Waals surface area contributed by atoms with Gasteiger partial charge in [0.05, 0.1) is 18.3 Å². The largest absolute Gasteiger partial charge is 0.375 e. The molecule has 2 N–H and O–H groups in total. The van der Waals surface area contributed by atoms with Crippen molar-refractivity contribution >= 4 is 0 Å². The van der Waals surface area contributed by atoms with Crippen LogP contribution in [0.25, 0.3) is 0 Å². The molecular formula is C12H21N3O. The Morgan fingerprint density at radius 1 is 1.44 bits per heavy atom. The number of hydrogen-bond acceptors (Lipinski definition) is 3. The van der Waals surface area contributed by atoms with E-state index in [2.05, 4.69) is 22.0 Å². The number of ether oxygens (including phenoxy) is 1. The van der Waals surface area contributed by atoms with Gasteiger partial charge in [-0.25, -0.2) is 0 Å². The minimum absolute atomic E-state index is 0.611. The van der Waals surface area contributed by atoms with Gasteiger partial charge in [0.1, 0.15) is 0 Å². The van der Waals surface area contributed by atoms with E-state index in [1.807, 2.05) is 0 Å². The van der Waals surface area contributed by atoms with Gasteiger partial charge < -0.3 is 10.5 Å². The van der Waals surface area contributed by atoms with Gasteiger partial charge in [-0.05, 0) is 31.9 Å². The number of rotatable bonds is 6. The van der Waals surface area contributed by atoms with Crippen LogP contribution in [-0.2, 0) is 11.3 Å². The van der Waals surface area contributed by atoms with E-state index in [0.29, 0.717) is 19.2 Å². The van der Waals surface area contributed by atoms with Crippen LogP contribution < -0.4 is 5.73 Å². The summed E-state index contributed by atoms with van der Waals surface area (Å²) in [6.45, 7) is 2.03.